The molecule has 0 N–H and O–H groups in total. The van der Waals surface area contributed by atoms with Crippen molar-refractivity contribution in [2.45, 2.75) is 6.54 Å². The lowest BCUT2D eigenvalue weighted by Crippen LogP contribution is -2.05. The number of rotatable bonds is 4. The Bertz CT molecular complexity index is 1110. The second-order valence-electron chi connectivity index (χ2n) is 6.23. The monoisotopic (exact) mass is 341 g/mol. The van der Waals surface area contributed by atoms with Gasteiger partial charge in [-0.1, -0.05) is 60.7 Å². The Balaban J connectivity index is 1.92. The fourth-order valence-electron chi connectivity index (χ4n) is 3.33. The molecule has 0 spiro atoms. The third-order valence-electron chi connectivity index (χ3n) is 4.54. The van der Waals surface area contributed by atoms with E-state index in [0.29, 0.717) is 6.54 Å². The van der Waals surface area contributed by atoms with Crippen molar-refractivity contribution < 1.29 is 4.74 Å². The predicted molar refractivity (Wildman–Crippen MR) is 106 cm³/mol. The van der Waals surface area contributed by atoms with Gasteiger partial charge in [-0.2, -0.15) is 0 Å². The zero-order chi connectivity index (χ0) is 17.9. The molecule has 0 fully saturated rings. The Morgan fingerprint density at radius 3 is 2.46 bits per heavy atom. The van der Waals surface area contributed by atoms with Crippen LogP contribution in [0, 0.1) is 0 Å². The summed E-state index contributed by atoms with van der Waals surface area (Å²) < 4.78 is 7.36. The molecule has 128 valence electrons. The molecule has 0 saturated carbocycles. The number of aromatic nitrogens is 1. The number of fused-ring (bicyclic) bond motifs is 1. The molecule has 26 heavy (non-hydrogen) atoms. The first kappa shape index (κ1) is 16.2. The van der Waals surface area contributed by atoms with E-state index in [1.807, 2.05) is 59.2 Å². The fraction of sp³-hybridized carbons (Fsp3) is 0.0870. The van der Waals surface area contributed by atoms with Crippen molar-refractivity contribution in [2.75, 3.05) is 7.11 Å². The van der Waals surface area contributed by atoms with E-state index in [1.54, 1.807) is 19.2 Å². The van der Waals surface area contributed by atoms with Crippen LogP contribution in [-0.2, 0) is 6.54 Å². The van der Waals surface area contributed by atoms with E-state index in [-0.39, 0.29) is 5.43 Å². The van der Waals surface area contributed by atoms with Crippen LogP contribution in [0.15, 0.2) is 89.9 Å². The van der Waals surface area contributed by atoms with Gasteiger partial charge >= 0.3 is 0 Å². The quantitative estimate of drug-likeness (QED) is 0.537. The fourth-order valence-corrected chi connectivity index (χ4v) is 3.33. The molecular formula is C23H19NO2. The van der Waals surface area contributed by atoms with Crippen molar-refractivity contribution in [2.24, 2.45) is 0 Å². The lowest BCUT2D eigenvalue weighted by molar-refractivity contribution is 0.414. The van der Waals surface area contributed by atoms with Crippen LogP contribution in [0.3, 0.4) is 0 Å². The maximum Gasteiger partial charge on any atom is 0.202 e. The van der Waals surface area contributed by atoms with Crippen LogP contribution in [0.2, 0.25) is 0 Å². The minimum Gasteiger partial charge on any atom is -0.497 e. The lowest BCUT2D eigenvalue weighted by Gasteiger charge is -2.06. The van der Waals surface area contributed by atoms with Gasteiger partial charge in [0, 0.05) is 23.7 Å². The molecule has 1 heterocycles. The molecule has 0 unspecified atom stereocenters. The van der Waals surface area contributed by atoms with Crippen molar-refractivity contribution in [3.8, 4) is 16.9 Å². The summed E-state index contributed by atoms with van der Waals surface area (Å²) in [5, 5.41) is 0.967. The molecule has 0 bridgehead atoms. The van der Waals surface area contributed by atoms with Crippen LogP contribution in [0.5, 0.6) is 5.75 Å². The van der Waals surface area contributed by atoms with Crippen LogP contribution < -0.4 is 10.2 Å². The summed E-state index contributed by atoms with van der Waals surface area (Å²) in [7, 11) is 1.66. The van der Waals surface area contributed by atoms with Gasteiger partial charge in [-0.15, -0.1) is 0 Å². The van der Waals surface area contributed by atoms with Crippen molar-refractivity contribution in [1.82, 2.24) is 4.57 Å². The molecule has 3 aromatic carbocycles. The van der Waals surface area contributed by atoms with Crippen molar-refractivity contribution in [3.05, 3.63) is 101 Å². The van der Waals surface area contributed by atoms with Gasteiger partial charge in [-0.05, 0) is 29.3 Å². The number of ether oxygens (including phenoxy) is 1. The van der Waals surface area contributed by atoms with Gasteiger partial charge in [0.25, 0.3) is 0 Å². The third-order valence-corrected chi connectivity index (χ3v) is 4.54. The normalized spacial score (nSPS) is 10.8. The molecule has 1 aromatic heterocycles. The number of nitrogens with zero attached hydrogens (tertiary/aromatic N) is 1. The van der Waals surface area contributed by atoms with E-state index >= 15 is 0 Å². The second-order valence-corrected chi connectivity index (χ2v) is 6.23. The topological polar surface area (TPSA) is 31.2 Å². The molecule has 4 rings (SSSR count). The molecule has 0 atom stereocenters. The molecule has 0 aliphatic carbocycles. The first-order valence-electron chi connectivity index (χ1n) is 8.57. The highest BCUT2D eigenvalue weighted by Crippen LogP contribution is 2.29. The largest absolute Gasteiger partial charge is 0.497 e. The summed E-state index contributed by atoms with van der Waals surface area (Å²) >= 11 is 0. The summed E-state index contributed by atoms with van der Waals surface area (Å²) in [5.74, 6) is 0.815. The van der Waals surface area contributed by atoms with Crippen LogP contribution in [0.4, 0.5) is 0 Å². The maximum atomic E-state index is 12.7. The van der Waals surface area contributed by atoms with Crippen LogP contribution in [-0.4, -0.2) is 11.7 Å². The summed E-state index contributed by atoms with van der Waals surface area (Å²) in [6, 6.07) is 25.5. The van der Waals surface area contributed by atoms with Gasteiger partial charge in [-0.3, -0.25) is 4.79 Å². The Kier molecular flexibility index (Phi) is 4.28. The van der Waals surface area contributed by atoms with E-state index in [1.165, 1.54) is 0 Å². The van der Waals surface area contributed by atoms with Gasteiger partial charge in [0.1, 0.15) is 5.75 Å². The molecule has 3 nitrogen and oxygen atoms in total. The molecule has 0 radical (unpaired) electrons. The summed E-state index contributed by atoms with van der Waals surface area (Å²) in [6.45, 7) is 0.611. The van der Waals surface area contributed by atoms with E-state index in [2.05, 4.69) is 18.3 Å². The summed E-state index contributed by atoms with van der Waals surface area (Å²) in [4.78, 5) is 12.7. The van der Waals surface area contributed by atoms with Crippen molar-refractivity contribution >= 4 is 10.9 Å². The molecule has 0 aliphatic heterocycles. The van der Waals surface area contributed by atoms with Crippen LogP contribution >= 0.6 is 0 Å². The van der Waals surface area contributed by atoms with E-state index in [4.69, 9.17) is 4.74 Å². The van der Waals surface area contributed by atoms with Gasteiger partial charge in [-0.25, -0.2) is 0 Å². The number of hydrogen-bond acceptors (Lipinski definition) is 2. The third kappa shape index (κ3) is 3.00. The first-order chi connectivity index (χ1) is 12.8. The molecule has 4 aromatic rings. The molecule has 0 saturated heterocycles. The van der Waals surface area contributed by atoms with E-state index in [9.17, 15) is 4.79 Å². The van der Waals surface area contributed by atoms with E-state index < -0.39 is 0 Å². The van der Waals surface area contributed by atoms with Crippen LogP contribution in [0.1, 0.15) is 5.56 Å². The highest BCUT2D eigenvalue weighted by Gasteiger charge is 2.12. The smallest absolute Gasteiger partial charge is 0.202 e. The highest BCUT2D eigenvalue weighted by molar-refractivity contribution is 5.95. The molecule has 0 aliphatic rings. The zero-order valence-corrected chi connectivity index (χ0v) is 14.6. The Morgan fingerprint density at radius 2 is 1.65 bits per heavy atom. The Morgan fingerprint density at radius 1 is 0.885 bits per heavy atom. The van der Waals surface area contributed by atoms with Crippen LogP contribution in [0.25, 0.3) is 22.0 Å². The lowest BCUT2D eigenvalue weighted by atomic mass is 10.1. The Labute approximate surface area is 152 Å². The second kappa shape index (κ2) is 6.89. The van der Waals surface area contributed by atoms with E-state index in [0.717, 1.165) is 33.3 Å². The average Bonchev–Trinajstić information content (AvgIpc) is 2.92. The Hall–Kier alpha value is -3.33. The number of benzene rings is 2. The molecular weight excluding hydrogens is 322 g/mol. The predicted octanol–water partition coefficient (Wildman–Crippen LogP) is 4.73. The average molecular weight is 341 g/mol. The standard InChI is InChI=1S/C23H19NO2/c1-26-19-11-7-8-17(14-19)15-24-16-21(18-9-3-2-4-10-18)20-12-5-6-13-22(25)23(20)24/h2-14,16H,15H2,1H3. The summed E-state index contributed by atoms with van der Waals surface area (Å²) in [5.41, 5.74) is 4.00. The maximum absolute atomic E-state index is 12.7. The van der Waals surface area contributed by atoms with Gasteiger partial charge < -0.3 is 9.30 Å². The zero-order valence-electron chi connectivity index (χ0n) is 14.6. The SMILES string of the molecule is COc1cccc(Cn2cc(-c3ccccc3)c3ccccc(=O)c32)c1. The minimum atomic E-state index is 0.0232. The van der Waals surface area contributed by atoms with Gasteiger partial charge in [0.15, 0.2) is 0 Å². The molecule has 3 heteroatoms. The minimum absolute atomic E-state index is 0.0232. The van der Waals surface area contributed by atoms with Gasteiger partial charge in [0.05, 0.1) is 12.6 Å². The number of methoxy groups -OCH3 is 1. The number of hydrogen-bond donors (Lipinski definition) is 0. The van der Waals surface area contributed by atoms with Crippen molar-refractivity contribution in [3.63, 3.8) is 0 Å². The first-order valence-corrected chi connectivity index (χ1v) is 8.57. The summed E-state index contributed by atoms with van der Waals surface area (Å²) in [6.07, 6.45) is 2.07. The highest BCUT2D eigenvalue weighted by atomic mass is 16.5. The van der Waals surface area contributed by atoms with Crippen molar-refractivity contribution in [1.29, 1.82) is 0 Å². The molecule has 0 amide bonds. The van der Waals surface area contributed by atoms with Gasteiger partial charge in [0.2, 0.25) is 5.43 Å².